The number of halogens is 2. The van der Waals surface area contributed by atoms with Crippen molar-refractivity contribution in [3.63, 3.8) is 0 Å². The molecule has 4 aromatic rings. The Morgan fingerprint density at radius 3 is 2.42 bits per heavy atom. The highest BCUT2D eigenvalue weighted by Crippen LogP contribution is 2.37. The van der Waals surface area contributed by atoms with Crippen LogP contribution < -0.4 is 10.1 Å². The van der Waals surface area contributed by atoms with Crippen LogP contribution in [0.2, 0.25) is 5.02 Å². The Bertz CT molecular complexity index is 1270. The Kier molecular flexibility index (Phi) is 4.92. The summed E-state index contributed by atoms with van der Waals surface area (Å²) < 4.78 is 20.9. The smallest absolute Gasteiger partial charge is 0.227 e. The van der Waals surface area contributed by atoms with Gasteiger partial charge in [-0.2, -0.15) is 4.98 Å². The fourth-order valence-corrected chi connectivity index (χ4v) is 3.77. The Hall–Kier alpha value is -3.64. The van der Waals surface area contributed by atoms with Crippen molar-refractivity contribution < 1.29 is 9.13 Å². The zero-order valence-corrected chi connectivity index (χ0v) is 17.3. The van der Waals surface area contributed by atoms with Gasteiger partial charge in [-0.05, 0) is 66.2 Å². The van der Waals surface area contributed by atoms with E-state index in [1.54, 1.807) is 19.2 Å². The second-order valence-corrected chi connectivity index (χ2v) is 7.55. The summed E-state index contributed by atoms with van der Waals surface area (Å²) in [6.45, 7) is 0. The van der Waals surface area contributed by atoms with Crippen LogP contribution >= 0.6 is 11.6 Å². The van der Waals surface area contributed by atoms with Crippen LogP contribution in [0.15, 0.2) is 78.9 Å². The van der Waals surface area contributed by atoms with E-state index in [1.165, 1.54) is 12.1 Å². The van der Waals surface area contributed by atoms with E-state index in [9.17, 15) is 4.39 Å². The highest BCUT2D eigenvalue weighted by atomic mass is 35.5. The standard InChI is InChI=1S/C24H18ClFN4O/c1-31-22-5-3-2-4-19(22)21-14-20(15-8-12-18(26)13-9-15)27-24-28-23(29-30(21)24)16-6-10-17(25)11-7-16/h2-14,21H,1H3,(H,27,28,29)/t21-/m1/s1. The molecule has 1 aliphatic heterocycles. The molecule has 0 saturated heterocycles. The lowest BCUT2D eigenvalue weighted by molar-refractivity contribution is 0.404. The number of benzene rings is 3. The lowest BCUT2D eigenvalue weighted by Gasteiger charge is -2.25. The number of nitrogens with one attached hydrogen (secondary N) is 1. The fraction of sp³-hybridized carbons (Fsp3) is 0.0833. The number of para-hydroxylation sites is 1. The number of rotatable bonds is 4. The maximum Gasteiger partial charge on any atom is 0.227 e. The number of fused-ring (bicyclic) bond motifs is 1. The molecule has 0 unspecified atom stereocenters. The van der Waals surface area contributed by atoms with Crippen molar-refractivity contribution in [1.82, 2.24) is 14.8 Å². The summed E-state index contributed by atoms with van der Waals surface area (Å²) in [5.41, 5.74) is 3.47. The molecule has 0 bridgehead atoms. The van der Waals surface area contributed by atoms with Crippen molar-refractivity contribution in [2.24, 2.45) is 0 Å². The molecule has 31 heavy (non-hydrogen) atoms. The van der Waals surface area contributed by atoms with E-state index in [2.05, 4.69) is 5.32 Å². The van der Waals surface area contributed by atoms with E-state index in [0.29, 0.717) is 16.8 Å². The Morgan fingerprint density at radius 2 is 1.68 bits per heavy atom. The third-order valence-corrected chi connectivity index (χ3v) is 5.43. The number of methoxy groups -OCH3 is 1. The van der Waals surface area contributed by atoms with Gasteiger partial charge in [0, 0.05) is 21.8 Å². The number of allylic oxidation sites excluding steroid dienone is 1. The summed E-state index contributed by atoms with van der Waals surface area (Å²) in [4.78, 5) is 4.72. The molecule has 0 fully saturated rings. The van der Waals surface area contributed by atoms with Crippen LogP contribution in [0.4, 0.5) is 10.3 Å². The minimum atomic E-state index is -0.283. The first-order chi connectivity index (χ1) is 15.1. The third-order valence-electron chi connectivity index (χ3n) is 5.18. The maximum atomic E-state index is 13.5. The van der Waals surface area contributed by atoms with Gasteiger partial charge >= 0.3 is 0 Å². The van der Waals surface area contributed by atoms with Gasteiger partial charge in [0.25, 0.3) is 0 Å². The summed E-state index contributed by atoms with van der Waals surface area (Å²) in [6, 6.07) is 21.3. The van der Waals surface area contributed by atoms with Gasteiger partial charge in [0.05, 0.1) is 7.11 Å². The molecule has 0 radical (unpaired) electrons. The van der Waals surface area contributed by atoms with Crippen molar-refractivity contribution in [3.05, 3.63) is 101 Å². The topological polar surface area (TPSA) is 52.0 Å². The number of ether oxygens (including phenoxy) is 1. The van der Waals surface area contributed by atoms with Crippen LogP contribution in [0.1, 0.15) is 17.2 Å². The van der Waals surface area contributed by atoms with Crippen molar-refractivity contribution in [1.29, 1.82) is 0 Å². The van der Waals surface area contributed by atoms with E-state index in [1.807, 2.05) is 59.3 Å². The number of anilines is 1. The van der Waals surface area contributed by atoms with Gasteiger partial charge in [0.1, 0.15) is 17.6 Å². The minimum Gasteiger partial charge on any atom is -0.496 e. The third kappa shape index (κ3) is 3.66. The molecule has 3 aromatic carbocycles. The van der Waals surface area contributed by atoms with Gasteiger partial charge in [-0.15, -0.1) is 5.10 Å². The second kappa shape index (κ2) is 7.89. The predicted molar refractivity (Wildman–Crippen MR) is 120 cm³/mol. The molecule has 1 N–H and O–H groups in total. The number of hydrogen-bond acceptors (Lipinski definition) is 4. The first-order valence-corrected chi connectivity index (χ1v) is 10.1. The Morgan fingerprint density at radius 1 is 0.968 bits per heavy atom. The molecule has 0 amide bonds. The molecule has 1 atom stereocenters. The Balaban J connectivity index is 1.64. The van der Waals surface area contributed by atoms with E-state index in [0.717, 1.165) is 28.1 Å². The van der Waals surface area contributed by atoms with Crippen LogP contribution in [0.25, 0.3) is 17.1 Å². The SMILES string of the molecule is COc1ccccc1[C@H]1C=C(c2ccc(F)cc2)Nc2nc(-c3ccc(Cl)cc3)nn21. The summed E-state index contributed by atoms with van der Waals surface area (Å²) >= 11 is 6.03. The van der Waals surface area contributed by atoms with Gasteiger partial charge in [0.2, 0.25) is 5.95 Å². The summed E-state index contributed by atoms with van der Waals surface area (Å²) in [5.74, 6) is 1.63. The molecule has 5 nitrogen and oxygen atoms in total. The van der Waals surface area contributed by atoms with Gasteiger partial charge in [-0.25, -0.2) is 9.07 Å². The summed E-state index contributed by atoms with van der Waals surface area (Å²) in [6.07, 6.45) is 2.04. The van der Waals surface area contributed by atoms with Crippen LogP contribution in [-0.2, 0) is 0 Å². The average molecular weight is 433 g/mol. The normalized spacial score (nSPS) is 15.1. The predicted octanol–water partition coefficient (Wildman–Crippen LogP) is 5.80. The Labute approximate surface area is 183 Å². The quantitative estimate of drug-likeness (QED) is 0.442. The molecule has 0 aliphatic carbocycles. The van der Waals surface area contributed by atoms with Gasteiger partial charge in [0.15, 0.2) is 5.82 Å². The molecule has 1 aromatic heterocycles. The number of nitrogens with zero attached hydrogens (tertiary/aromatic N) is 3. The minimum absolute atomic E-state index is 0.263. The fourth-order valence-electron chi connectivity index (χ4n) is 3.64. The average Bonchev–Trinajstić information content (AvgIpc) is 3.23. The molecule has 154 valence electrons. The molecular weight excluding hydrogens is 415 g/mol. The highest BCUT2D eigenvalue weighted by molar-refractivity contribution is 6.30. The van der Waals surface area contributed by atoms with Crippen LogP contribution in [0.3, 0.4) is 0 Å². The molecular formula is C24H18ClFN4O. The first kappa shape index (κ1) is 19.3. The van der Waals surface area contributed by atoms with Crippen molar-refractivity contribution in [2.45, 2.75) is 6.04 Å². The van der Waals surface area contributed by atoms with Crippen molar-refractivity contribution >= 4 is 23.2 Å². The molecule has 1 aliphatic rings. The molecule has 0 saturated carbocycles. The lowest BCUT2D eigenvalue weighted by Crippen LogP contribution is -2.20. The van der Waals surface area contributed by atoms with E-state index in [4.69, 9.17) is 26.4 Å². The molecule has 2 heterocycles. The van der Waals surface area contributed by atoms with Crippen molar-refractivity contribution in [3.8, 4) is 17.1 Å². The van der Waals surface area contributed by atoms with E-state index >= 15 is 0 Å². The van der Waals surface area contributed by atoms with Gasteiger partial charge in [-0.3, -0.25) is 0 Å². The van der Waals surface area contributed by atoms with Gasteiger partial charge in [-0.1, -0.05) is 29.8 Å². The molecule has 7 heteroatoms. The zero-order valence-electron chi connectivity index (χ0n) is 16.6. The maximum absolute atomic E-state index is 13.5. The van der Waals surface area contributed by atoms with Crippen LogP contribution in [-0.4, -0.2) is 21.9 Å². The van der Waals surface area contributed by atoms with E-state index < -0.39 is 0 Å². The van der Waals surface area contributed by atoms with E-state index in [-0.39, 0.29) is 11.9 Å². The zero-order chi connectivity index (χ0) is 21.4. The van der Waals surface area contributed by atoms with Crippen LogP contribution in [0.5, 0.6) is 5.75 Å². The summed E-state index contributed by atoms with van der Waals surface area (Å²) in [5, 5.41) is 8.75. The summed E-state index contributed by atoms with van der Waals surface area (Å²) in [7, 11) is 1.64. The highest BCUT2D eigenvalue weighted by Gasteiger charge is 2.27. The van der Waals surface area contributed by atoms with Crippen LogP contribution in [0, 0.1) is 5.82 Å². The number of hydrogen-bond donors (Lipinski definition) is 1. The lowest BCUT2D eigenvalue weighted by atomic mass is 10.0. The number of aromatic nitrogens is 3. The largest absolute Gasteiger partial charge is 0.496 e. The second-order valence-electron chi connectivity index (χ2n) is 7.11. The first-order valence-electron chi connectivity index (χ1n) is 9.72. The molecule has 0 spiro atoms. The molecule has 5 rings (SSSR count). The van der Waals surface area contributed by atoms with Crippen molar-refractivity contribution in [2.75, 3.05) is 12.4 Å². The van der Waals surface area contributed by atoms with Gasteiger partial charge < -0.3 is 10.1 Å². The monoisotopic (exact) mass is 432 g/mol.